The molecule has 20 heavy (non-hydrogen) atoms. The highest BCUT2D eigenvalue weighted by Crippen LogP contribution is 2.33. The zero-order valence-electron chi connectivity index (χ0n) is 12.8. The van der Waals surface area contributed by atoms with Crippen molar-refractivity contribution in [3.05, 3.63) is 29.6 Å². The summed E-state index contributed by atoms with van der Waals surface area (Å²) in [6.45, 7) is 7.21. The smallest absolute Gasteiger partial charge is 0.165 e. The van der Waals surface area contributed by atoms with Crippen LogP contribution in [0.5, 0.6) is 5.75 Å². The summed E-state index contributed by atoms with van der Waals surface area (Å²) in [5, 5.41) is 3.33. The summed E-state index contributed by atoms with van der Waals surface area (Å²) in [6.07, 6.45) is 4.66. The molecule has 0 aromatic heterocycles. The van der Waals surface area contributed by atoms with Crippen molar-refractivity contribution in [3.63, 3.8) is 0 Å². The first-order chi connectivity index (χ1) is 9.61. The highest BCUT2D eigenvalue weighted by atomic mass is 19.1. The molecule has 0 radical (unpaired) electrons. The Bertz CT molecular complexity index is 435. The summed E-state index contributed by atoms with van der Waals surface area (Å²) in [5.41, 5.74) is 0.921. The monoisotopic (exact) mass is 279 g/mol. The van der Waals surface area contributed by atoms with Gasteiger partial charge < -0.3 is 10.1 Å². The Morgan fingerprint density at radius 1 is 1.40 bits per heavy atom. The van der Waals surface area contributed by atoms with Gasteiger partial charge in [0.15, 0.2) is 11.6 Å². The second-order valence-electron chi connectivity index (χ2n) is 5.95. The van der Waals surface area contributed by atoms with Crippen molar-refractivity contribution in [2.45, 2.75) is 58.6 Å². The maximum absolute atomic E-state index is 14.2. The first-order valence-electron chi connectivity index (χ1n) is 7.80. The van der Waals surface area contributed by atoms with E-state index in [1.807, 2.05) is 6.07 Å². The maximum Gasteiger partial charge on any atom is 0.165 e. The molecule has 1 fully saturated rings. The summed E-state index contributed by atoms with van der Waals surface area (Å²) in [7, 11) is 0. The highest BCUT2D eigenvalue weighted by Gasteiger charge is 2.23. The second kappa shape index (κ2) is 7.07. The van der Waals surface area contributed by atoms with Crippen LogP contribution in [0.15, 0.2) is 18.2 Å². The van der Waals surface area contributed by atoms with Crippen LogP contribution in [0.4, 0.5) is 4.39 Å². The molecule has 0 heterocycles. The van der Waals surface area contributed by atoms with Crippen LogP contribution in [-0.4, -0.2) is 12.6 Å². The highest BCUT2D eigenvalue weighted by molar-refractivity contribution is 5.37. The van der Waals surface area contributed by atoms with Crippen molar-refractivity contribution in [2.75, 3.05) is 6.54 Å². The predicted octanol–water partition coefficient (Wildman–Crippen LogP) is 4.45. The minimum atomic E-state index is -0.245. The van der Waals surface area contributed by atoms with Crippen molar-refractivity contribution < 1.29 is 9.13 Å². The molecule has 3 heteroatoms. The number of benzene rings is 1. The number of hydrogen-bond donors (Lipinski definition) is 1. The van der Waals surface area contributed by atoms with Gasteiger partial charge in [-0.1, -0.05) is 32.4 Å². The Hall–Kier alpha value is -1.09. The average Bonchev–Trinajstić information content (AvgIpc) is 2.41. The van der Waals surface area contributed by atoms with Gasteiger partial charge in [0, 0.05) is 11.6 Å². The van der Waals surface area contributed by atoms with Crippen molar-refractivity contribution in [3.8, 4) is 5.75 Å². The van der Waals surface area contributed by atoms with E-state index in [0.717, 1.165) is 24.9 Å². The minimum Gasteiger partial charge on any atom is -0.487 e. The third-order valence-electron chi connectivity index (χ3n) is 4.15. The Balaban J connectivity index is 2.16. The Morgan fingerprint density at radius 2 is 2.20 bits per heavy atom. The normalized spacial score (nSPS) is 24.4. The molecule has 112 valence electrons. The molecular formula is C17H26FNO. The molecule has 3 atom stereocenters. The molecule has 2 nitrogen and oxygen atoms in total. The SMILES string of the molecule is CCNC(C)c1cccc(F)c1OC1CCCC(C)C1. The van der Waals surface area contributed by atoms with Crippen LogP contribution in [0, 0.1) is 11.7 Å². The molecule has 2 rings (SSSR count). The molecule has 3 unspecified atom stereocenters. The van der Waals surface area contributed by atoms with Gasteiger partial charge in [-0.25, -0.2) is 4.39 Å². The summed E-state index contributed by atoms with van der Waals surface area (Å²) < 4.78 is 20.2. The lowest BCUT2D eigenvalue weighted by Crippen LogP contribution is -2.26. The van der Waals surface area contributed by atoms with Gasteiger partial charge in [0.05, 0.1) is 6.10 Å². The lowest BCUT2D eigenvalue weighted by molar-refractivity contribution is 0.122. The predicted molar refractivity (Wildman–Crippen MR) is 80.5 cm³/mol. The van der Waals surface area contributed by atoms with Gasteiger partial charge in [-0.2, -0.15) is 0 Å². The lowest BCUT2D eigenvalue weighted by atomic mass is 9.88. The number of hydrogen-bond acceptors (Lipinski definition) is 2. The molecule has 1 N–H and O–H groups in total. The molecule has 1 aliphatic carbocycles. The van der Waals surface area contributed by atoms with Crippen molar-refractivity contribution in [1.29, 1.82) is 0 Å². The van der Waals surface area contributed by atoms with Gasteiger partial charge in [-0.15, -0.1) is 0 Å². The topological polar surface area (TPSA) is 21.3 Å². The summed E-state index contributed by atoms with van der Waals surface area (Å²) in [4.78, 5) is 0. The molecule has 0 aliphatic heterocycles. The van der Waals surface area contributed by atoms with Crippen LogP contribution in [0.3, 0.4) is 0 Å². The number of ether oxygens (including phenoxy) is 1. The minimum absolute atomic E-state index is 0.103. The number of halogens is 1. The van der Waals surface area contributed by atoms with Crippen LogP contribution in [0.1, 0.15) is 58.1 Å². The van der Waals surface area contributed by atoms with Crippen LogP contribution in [0.25, 0.3) is 0 Å². The summed E-state index contributed by atoms with van der Waals surface area (Å²) in [5.74, 6) is 0.876. The number of rotatable bonds is 5. The van der Waals surface area contributed by atoms with Gasteiger partial charge in [-0.05, 0) is 44.7 Å². The van der Waals surface area contributed by atoms with Gasteiger partial charge in [0.2, 0.25) is 0 Å². The van der Waals surface area contributed by atoms with E-state index in [9.17, 15) is 4.39 Å². The van der Waals surface area contributed by atoms with Crippen molar-refractivity contribution in [1.82, 2.24) is 5.32 Å². The Labute approximate surface area is 121 Å². The van der Waals surface area contributed by atoms with Crippen molar-refractivity contribution in [2.24, 2.45) is 5.92 Å². The molecule has 1 aromatic rings. The van der Waals surface area contributed by atoms with E-state index in [1.54, 1.807) is 6.07 Å². The van der Waals surface area contributed by atoms with Gasteiger partial charge in [0.1, 0.15) is 0 Å². The quantitative estimate of drug-likeness (QED) is 0.859. The Morgan fingerprint density at radius 3 is 2.90 bits per heavy atom. The van der Waals surface area contributed by atoms with E-state index in [1.165, 1.54) is 18.9 Å². The molecule has 0 bridgehead atoms. The average molecular weight is 279 g/mol. The fourth-order valence-electron chi connectivity index (χ4n) is 3.06. The first-order valence-corrected chi connectivity index (χ1v) is 7.80. The van der Waals surface area contributed by atoms with Gasteiger partial charge >= 0.3 is 0 Å². The summed E-state index contributed by atoms with van der Waals surface area (Å²) in [6, 6.07) is 5.31. The molecule has 0 spiro atoms. The zero-order chi connectivity index (χ0) is 14.5. The molecule has 1 saturated carbocycles. The summed E-state index contributed by atoms with van der Waals surface area (Å²) >= 11 is 0. The molecule has 1 aliphatic rings. The van der Waals surface area contributed by atoms with Crippen LogP contribution in [-0.2, 0) is 0 Å². The second-order valence-corrected chi connectivity index (χ2v) is 5.95. The maximum atomic E-state index is 14.2. The first kappa shape index (κ1) is 15.3. The molecular weight excluding hydrogens is 253 g/mol. The lowest BCUT2D eigenvalue weighted by Gasteiger charge is -2.29. The number of nitrogens with one attached hydrogen (secondary N) is 1. The fraction of sp³-hybridized carbons (Fsp3) is 0.647. The number of para-hydroxylation sites is 1. The largest absolute Gasteiger partial charge is 0.487 e. The van der Waals surface area contributed by atoms with E-state index in [4.69, 9.17) is 4.74 Å². The van der Waals surface area contributed by atoms with Crippen LogP contribution >= 0.6 is 0 Å². The van der Waals surface area contributed by atoms with E-state index < -0.39 is 0 Å². The fourth-order valence-corrected chi connectivity index (χ4v) is 3.06. The van der Waals surface area contributed by atoms with Crippen LogP contribution in [0.2, 0.25) is 0 Å². The van der Waals surface area contributed by atoms with E-state index in [0.29, 0.717) is 11.7 Å². The molecule has 0 amide bonds. The zero-order valence-corrected chi connectivity index (χ0v) is 12.8. The molecule has 0 saturated heterocycles. The van der Waals surface area contributed by atoms with Crippen LogP contribution < -0.4 is 10.1 Å². The van der Waals surface area contributed by atoms with E-state index >= 15 is 0 Å². The van der Waals surface area contributed by atoms with E-state index in [2.05, 4.69) is 26.1 Å². The van der Waals surface area contributed by atoms with Gasteiger partial charge in [-0.3, -0.25) is 0 Å². The van der Waals surface area contributed by atoms with Crippen molar-refractivity contribution >= 4 is 0 Å². The Kier molecular flexibility index (Phi) is 5.41. The third-order valence-corrected chi connectivity index (χ3v) is 4.15. The van der Waals surface area contributed by atoms with Gasteiger partial charge in [0.25, 0.3) is 0 Å². The van der Waals surface area contributed by atoms with E-state index in [-0.39, 0.29) is 18.0 Å². The third kappa shape index (κ3) is 3.72. The molecule has 1 aromatic carbocycles. The standard InChI is InChI=1S/C17H26FNO/c1-4-19-13(3)15-9-6-10-16(18)17(15)20-14-8-5-7-12(2)11-14/h6,9-10,12-14,19H,4-5,7-8,11H2,1-3H3.